The molecule has 1 heterocycles. The van der Waals surface area contributed by atoms with Crippen molar-refractivity contribution in [1.82, 2.24) is 0 Å². The van der Waals surface area contributed by atoms with E-state index in [4.69, 9.17) is 18.9 Å². The Bertz CT molecular complexity index is 851. The van der Waals surface area contributed by atoms with E-state index in [9.17, 15) is 4.79 Å². The molecule has 0 unspecified atom stereocenters. The average Bonchev–Trinajstić information content (AvgIpc) is 2.91. The number of Topliss-reactive ketones (excluding diaryl/α,β-unsaturated/α-hetero) is 1. The van der Waals surface area contributed by atoms with Gasteiger partial charge in [-0.15, -0.1) is 0 Å². The SMILES string of the molecule is CCOc1cc(C)c2c(c1)O/C(=C\c1cccc(OC)c1OC)C2=O. The molecule has 5 heteroatoms. The molecule has 0 saturated heterocycles. The van der Waals surface area contributed by atoms with E-state index >= 15 is 0 Å². The van der Waals surface area contributed by atoms with Crippen molar-refractivity contribution in [1.29, 1.82) is 0 Å². The summed E-state index contributed by atoms with van der Waals surface area (Å²) < 4.78 is 22.0. The van der Waals surface area contributed by atoms with Gasteiger partial charge in [0.2, 0.25) is 5.78 Å². The van der Waals surface area contributed by atoms with Crippen LogP contribution in [0.1, 0.15) is 28.4 Å². The van der Waals surface area contributed by atoms with Crippen LogP contribution in [0.25, 0.3) is 6.08 Å². The van der Waals surface area contributed by atoms with Crippen LogP contribution >= 0.6 is 0 Å². The zero-order chi connectivity index (χ0) is 18.0. The first-order valence-electron chi connectivity index (χ1n) is 8.01. The van der Waals surface area contributed by atoms with Crippen molar-refractivity contribution in [2.75, 3.05) is 20.8 Å². The number of fused-ring (bicyclic) bond motifs is 1. The monoisotopic (exact) mass is 340 g/mol. The molecule has 0 N–H and O–H groups in total. The number of hydrogen-bond acceptors (Lipinski definition) is 5. The van der Waals surface area contributed by atoms with Gasteiger partial charge < -0.3 is 18.9 Å². The molecule has 0 spiro atoms. The van der Waals surface area contributed by atoms with Crippen LogP contribution in [0.3, 0.4) is 0 Å². The molecule has 1 aliphatic heterocycles. The van der Waals surface area contributed by atoms with Gasteiger partial charge in [0, 0.05) is 11.6 Å². The highest BCUT2D eigenvalue weighted by molar-refractivity contribution is 6.15. The second-order valence-corrected chi connectivity index (χ2v) is 5.57. The van der Waals surface area contributed by atoms with Crippen LogP contribution in [0.2, 0.25) is 0 Å². The van der Waals surface area contributed by atoms with Gasteiger partial charge in [-0.1, -0.05) is 12.1 Å². The van der Waals surface area contributed by atoms with Crippen LogP contribution in [0.5, 0.6) is 23.0 Å². The summed E-state index contributed by atoms with van der Waals surface area (Å²) in [7, 11) is 3.13. The molecule has 0 amide bonds. The van der Waals surface area contributed by atoms with Gasteiger partial charge in [-0.25, -0.2) is 0 Å². The number of aryl methyl sites for hydroxylation is 1. The molecule has 0 radical (unpaired) electrons. The summed E-state index contributed by atoms with van der Waals surface area (Å²) in [4.78, 5) is 12.7. The highest BCUT2D eigenvalue weighted by Crippen LogP contribution is 2.39. The van der Waals surface area contributed by atoms with Gasteiger partial charge in [0.05, 0.1) is 26.4 Å². The third kappa shape index (κ3) is 3.05. The third-order valence-electron chi connectivity index (χ3n) is 3.97. The van der Waals surface area contributed by atoms with Crippen LogP contribution in [0.15, 0.2) is 36.1 Å². The molecular formula is C20H20O5. The van der Waals surface area contributed by atoms with Crippen molar-refractivity contribution in [2.24, 2.45) is 0 Å². The quantitative estimate of drug-likeness (QED) is 0.769. The highest BCUT2D eigenvalue weighted by atomic mass is 16.5. The van der Waals surface area contributed by atoms with Crippen molar-refractivity contribution in [3.05, 3.63) is 52.8 Å². The Kier molecular flexibility index (Phi) is 4.65. The number of ether oxygens (including phenoxy) is 4. The Labute approximate surface area is 146 Å². The number of benzene rings is 2. The summed E-state index contributed by atoms with van der Waals surface area (Å²) in [5.41, 5.74) is 2.10. The van der Waals surface area contributed by atoms with E-state index in [1.165, 1.54) is 0 Å². The highest BCUT2D eigenvalue weighted by Gasteiger charge is 2.30. The Morgan fingerprint density at radius 3 is 2.64 bits per heavy atom. The Morgan fingerprint density at radius 2 is 1.96 bits per heavy atom. The molecule has 0 bridgehead atoms. The summed E-state index contributed by atoms with van der Waals surface area (Å²) in [5, 5.41) is 0. The summed E-state index contributed by atoms with van der Waals surface area (Å²) in [6.45, 7) is 4.34. The zero-order valence-corrected chi connectivity index (χ0v) is 14.7. The van der Waals surface area contributed by atoms with Crippen molar-refractivity contribution in [2.45, 2.75) is 13.8 Å². The number of allylic oxidation sites excluding steroid dienone is 1. The minimum Gasteiger partial charge on any atom is -0.494 e. The molecule has 0 saturated carbocycles. The van der Waals surface area contributed by atoms with Gasteiger partial charge >= 0.3 is 0 Å². The fraction of sp³-hybridized carbons (Fsp3) is 0.250. The lowest BCUT2D eigenvalue weighted by Crippen LogP contribution is -2.01. The van der Waals surface area contributed by atoms with E-state index in [-0.39, 0.29) is 11.5 Å². The number of methoxy groups -OCH3 is 2. The van der Waals surface area contributed by atoms with Gasteiger partial charge in [0.25, 0.3) is 0 Å². The number of para-hydroxylation sites is 1. The van der Waals surface area contributed by atoms with Crippen LogP contribution in [-0.4, -0.2) is 26.6 Å². The molecule has 5 nitrogen and oxygen atoms in total. The number of carbonyl (C=O) groups is 1. The number of carbonyl (C=O) groups excluding carboxylic acids is 1. The molecule has 2 aromatic carbocycles. The Morgan fingerprint density at radius 1 is 1.16 bits per heavy atom. The second-order valence-electron chi connectivity index (χ2n) is 5.57. The smallest absolute Gasteiger partial charge is 0.232 e. The van der Waals surface area contributed by atoms with E-state index in [0.717, 1.165) is 5.56 Å². The van der Waals surface area contributed by atoms with Crippen LogP contribution in [0, 0.1) is 6.92 Å². The first-order chi connectivity index (χ1) is 12.1. The van der Waals surface area contributed by atoms with Gasteiger partial charge in [-0.05, 0) is 37.6 Å². The lowest BCUT2D eigenvalue weighted by molar-refractivity contribution is 0.101. The molecule has 2 aromatic rings. The normalized spacial score (nSPS) is 14.2. The van der Waals surface area contributed by atoms with Crippen molar-refractivity contribution in [3.63, 3.8) is 0 Å². The average molecular weight is 340 g/mol. The van der Waals surface area contributed by atoms with Crippen molar-refractivity contribution < 1.29 is 23.7 Å². The maximum atomic E-state index is 12.7. The lowest BCUT2D eigenvalue weighted by Gasteiger charge is -2.10. The van der Waals surface area contributed by atoms with Gasteiger partial charge in [0.1, 0.15) is 11.5 Å². The summed E-state index contributed by atoms with van der Waals surface area (Å²) in [5.74, 6) is 2.44. The minimum atomic E-state index is -0.152. The predicted octanol–water partition coefficient (Wildman–Crippen LogP) is 4.03. The molecular weight excluding hydrogens is 320 g/mol. The van der Waals surface area contributed by atoms with Gasteiger partial charge in [0.15, 0.2) is 17.3 Å². The first kappa shape index (κ1) is 16.9. The maximum Gasteiger partial charge on any atom is 0.232 e. The summed E-state index contributed by atoms with van der Waals surface area (Å²) in [6, 6.07) is 9.06. The van der Waals surface area contributed by atoms with E-state index in [2.05, 4.69) is 0 Å². The van der Waals surface area contributed by atoms with Crippen molar-refractivity contribution >= 4 is 11.9 Å². The van der Waals surface area contributed by atoms with Crippen LogP contribution < -0.4 is 18.9 Å². The third-order valence-corrected chi connectivity index (χ3v) is 3.97. The Balaban J connectivity index is 2.02. The lowest BCUT2D eigenvalue weighted by atomic mass is 10.0. The zero-order valence-electron chi connectivity index (χ0n) is 14.7. The van der Waals surface area contributed by atoms with E-state index < -0.39 is 0 Å². The number of hydrogen-bond donors (Lipinski definition) is 0. The molecule has 0 aromatic heterocycles. The van der Waals surface area contributed by atoms with E-state index in [0.29, 0.717) is 40.7 Å². The molecule has 0 fully saturated rings. The molecule has 130 valence electrons. The molecule has 1 aliphatic rings. The van der Waals surface area contributed by atoms with E-state index in [1.54, 1.807) is 32.4 Å². The summed E-state index contributed by atoms with van der Waals surface area (Å²) >= 11 is 0. The molecule has 3 rings (SSSR count). The Hall–Kier alpha value is -2.95. The predicted molar refractivity (Wildman–Crippen MR) is 94.8 cm³/mol. The fourth-order valence-corrected chi connectivity index (χ4v) is 2.89. The standard InChI is InChI=1S/C20H20O5/c1-5-24-14-9-12(2)18-16(11-14)25-17(19(18)21)10-13-7-6-8-15(22-3)20(13)23-4/h6-11H,5H2,1-4H3/b17-10-. The fourth-order valence-electron chi connectivity index (χ4n) is 2.89. The van der Waals surface area contributed by atoms with E-state index in [1.807, 2.05) is 32.0 Å². The van der Waals surface area contributed by atoms with Crippen LogP contribution in [0.4, 0.5) is 0 Å². The first-order valence-corrected chi connectivity index (χ1v) is 8.01. The topological polar surface area (TPSA) is 54.0 Å². The number of rotatable bonds is 5. The maximum absolute atomic E-state index is 12.7. The van der Waals surface area contributed by atoms with Crippen molar-refractivity contribution in [3.8, 4) is 23.0 Å². The van der Waals surface area contributed by atoms with Gasteiger partial charge in [-0.2, -0.15) is 0 Å². The van der Waals surface area contributed by atoms with Gasteiger partial charge in [-0.3, -0.25) is 4.79 Å². The largest absolute Gasteiger partial charge is 0.494 e. The second kappa shape index (κ2) is 6.89. The summed E-state index contributed by atoms with van der Waals surface area (Å²) in [6.07, 6.45) is 1.67. The van der Waals surface area contributed by atoms with Crippen LogP contribution in [-0.2, 0) is 0 Å². The number of ketones is 1. The molecule has 0 aliphatic carbocycles. The minimum absolute atomic E-state index is 0.152. The molecule has 25 heavy (non-hydrogen) atoms. The molecule has 0 atom stereocenters.